The van der Waals surface area contributed by atoms with Gasteiger partial charge in [-0.15, -0.1) is 0 Å². The van der Waals surface area contributed by atoms with Crippen LogP contribution < -0.4 is 11.5 Å². The molecule has 2 nitrogen and oxygen atoms in total. The molecule has 1 aromatic rings. The molecule has 0 heterocycles. The molecular formula is C9H12N2. The lowest BCUT2D eigenvalue weighted by atomic mass is 10.1. The van der Waals surface area contributed by atoms with E-state index in [1.807, 2.05) is 12.1 Å². The lowest BCUT2D eigenvalue weighted by molar-refractivity contribution is 1.13. The molecule has 0 bridgehead atoms. The Labute approximate surface area is 66.2 Å². The van der Waals surface area contributed by atoms with Crippen molar-refractivity contribution in [2.45, 2.75) is 18.8 Å². The Bertz CT molecular complexity index is 277. The first-order valence-corrected chi connectivity index (χ1v) is 3.92. The fourth-order valence-corrected chi connectivity index (χ4v) is 1.26. The molecule has 0 radical (unpaired) electrons. The van der Waals surface area contributed by atoms with Crippen LogP contribution in [0.1, 0.15) is 24.3 Å². The van der Waals surface area contributed by atoms with Gasteiger partial charge in [0.1, 0.15) is 0 Å². The van der Waals surface area contributed by atoms with E-state index >= 15 is 0 Å². The molecule has 0 saturated heterocycles. The Morgan fingerprint density at radius 3 is 2.36 bits per heavy atom. The summed E-state index contributed by atoms with van der Waals surface area (Å²) >= 11 is 0. The van der Waals surface area contributed by atoms with Crippen molar-refractivity contribution in [2.24, 2.45) is 0 Å². The van der Waals surface area contributed by atoms with E-state index in [2.05, 4.69) is 6.07 Å². The van der Waals surface area contributed by atoms with E-state index in [1.54, 1.807) is 0 Å². The van der Waals surface area contributed by atoms with Crippen molar-refractivity contribution in [1.82, 2.24) is 0 Å². The largest absolute Gasteiger partial charge is 0.397 e. The first kappa shape index (κ1) is 6.53. The van der Waals surface area contributed by atoms with Gasteiger partial charge in [-0.1, -0.05) is 6.07 Å². The second-order valence-electron chi connectivity index (χ2n) is 3.16. The van der Waals surface area contributed by atoms with Crippen LogP contribution in [0, 0.1) is 0 Å². The minimum Gasteiger partial charge on any atom is -0.397 e. The van der Waals surface area contributed by atoms with Crippen molar-refractivity contribution in [1.29, 1.82) is 0 Å². The zero-order valence-corrected chi connectivity index (χ0v) is 6.38. The van der Waals surface area contributed by atoms with E-state index < -0.39 is 0 Å². The van der Waals surface area contributed by atoms with Crippen molar-refractivity contribution in [2.75, 3.05) is 11.5 Å². The third kappa shape index (κ3) is 1.16. The summed E-state index contributed by atoms with van der Waals surface area (Å²) in [5, 5.41) is 0. The minimum absolute atomic E-state index is 0.689. The highest BCUT2D eigenvalue weighted by molar-refractivity contribution is 5.64. The van der Waals surface area contributed by atoms with Crippen molar-refractivity contribution in [3.8, 4) is 0 Å². The number of nitrogen functional groups attached to an aromatic ring is 2. The molecule has 11 heavy (non-hydrogen) atoms. The lowest BCUT2D eigenvalue weighted by Crippen LogP contribution is -1.94. The molecule has 1 aromatic carbocycles. The molecule has 1 aliphatic rings. The molecule has 0 aliphatic heterocycles. The predicted molar refractivity (Wildman–Crippen MR) is 47.2 cm³/mol. The van der Waals surface area contributed by atoms with Crippen LogP contribution in [0.5, 0.6) is 0 Å². The van der Waals surface area contributed by atoms with E-state index in [9.17, 15) is 0 Å². The van der Waals surface area contributed by atoms with E-state index in [-0.39, 0.29) is 0 Å². The fourth-order valence-electron chi connectivity index (χ4n) is 1.26. The fraction of sp³-hybridized carbons (Fsp3) is 0.333. The average molecular weight is 148 g/mol. The number of anilines is 2. The number of hydrogen-bond donors (Lipinski definition) is 2. The SMILES string of the molecule is Nc1ccc(C2CC2)cc1N. The van der Waals surface area contributed by atoms with Gasteiger partial charge in [0.15, 0.2) is 0 Å². The lowest BCUT2D eigenvalue weighted by Gasteiger charge is -2.02. The Balaban J connectivity index is 2.36. The summed E-state index contributed by atoms with van der Waals surface area (Å²) in [6, 6.07) is 5.96. The third-order valence-corrected chi connectivity index (χ3v) is 2.16. The molecule has 0 unspecified atom stereocenters. The topological polar surface area (TPSA) is 52.0 Å². The molecule has 2 heteroatoms. The molecule has 1 aliphatic carbocycles. The van der Waals surface area contributed by atoms with Gasteiger partial charge in [0, 0.05) is 0 Å². The van der Waals surface area contributed by atoms with Crippen LogP contribution in [-0.4, -0.2) is 0 Å². The summed E-state index contributed by atoms with van der Waals surface area (Å²) < 4.78 is 0. The van der Waals surface area contributed by atoms with Gasteiger partial charge in [-0.05, 0) is 36.5 Å². The van der Waals surface area contributed by atoms with Crippen LogP contribution in [0.3, 0.4) is 0 Å². The molecule has 1 fully saturated rings. The molecule has 1 saturated carbocycles. The molecule has 0 spiro atoms. The highest BCUT2D eigenvalue weighted by atomic mass is 14.7. The summed E-state index contributed by atoms with van der Waals surface area (Å²) in [4.78, 5) is 0. The summed E-state index contributed by atoms with van der Waals surface area (Å²) in [5.41, 5.74) is 14.0. The second-order valence-corrected chi connectivity index (χ2v) is 3.16. The van der Waals surface area contributed by atoms with E-state index in [0.29, 0.717) is 5.69 Å². The summed E-state index contributed by atoms with van der Waals surface area (Å²) in [5.74, 6) is 0.762. The Morgan fingerprint density at radius 1 is 1.09 bits per heavy atom. The summed E-state index contributed by atoms with van der Waals surface area (Å²) in [6.45, 7) is 0. The summed E-state index contributed by atoms with van der Waals surface area (Å²) in [7, 11) is 0. The molecule has 0 amide bonds. The van der Waals surface area contributed by atoms with Gasteiger partial charge in [0.05, 0.1) is 11.4 Å². The highest BCUT2D eigenvalue weighted by Gasteiger charge is 2.23. The second kappa shape index (κ2) is 2.16. The quantitative estimate of drug-likeness (QED) is 0.596. The maximum absolute atomic E-state index is 5.66. The molecule has 0 atom stereocenters. The number of nitrogens with two attached hydrogens (primary N) is 2. The van der Waals surface area contributed by atoms with Gasteiger partial charge >= 0.3 is 0 Å². The van der Waals surface area contributed by atoms with Crippen LogP contribution in [-0.2, 0) is 0 Å². The van der Waals surface area contributed by atoms with Crippen molar-refractivity contribution >= 4 is 11.4 Å². The number of rotatable bonds is 1. The Kier molecular flexibility index (Phi) is 1.28. The molecule has 58 valence electrons. The van der Waals surface area contributed by atoms with Crippen LogP contribution in [0.2, 0.25) is 0 Å². The van der Waals surface area contributed by atoms with Gasteiger partial charge in [-0.25, -0.2) is 0 Å². The minimum atomic E-state index is 0.689. The van der Waals surface area contributed by atoms with Crippen molar-refractivity contribution < 1.29 is 0 Å². The zero-order valence-electron chi connectivity index (χ0n) is 6.38. The standard InChI is InChI=1S/C9H12N2/c10-8-4-3-7(5-9(8)11)6-1-2-6/h3-6H,1-2,10-11H2. The Hall–Kier alpha value is -1.18. The molecular weight excluding hydrogens is 136 g/mol. The maximum Gasteiger partial charge on any atom is 0.0550 e. The average Bonchev–Trinajstić information content (AvgIpc) is 2.77. The van der Waals surface area contributed by atoms with Crippen molar-refractivity contribution in [3.63, 3.8) is 0 Å². The predicted octanol–water partition coefficient (Wildman–Crippen LogP) is 1.73. The van der Waals surface area contributed by atoms with Crippen molar-refractivity contribution in [3.05, 3.63) is 23.8 Å². The Morgan fingerprint density at radius 2 is 1.82 bits per heavy atom. The summed E-state index contributed by atoms with van der Waals surface area (Å²) in [6.07, 6.45) is 2.62. The normalized spacial score (nSPS) is 16.7. The van der Waals surface area contributed by atoms with Gasteiger partial charge in [0.2, 0.25) is 0 Å². The maximum atomic E-state index is 5.66. The van der Waals surface area contributed by atoms with Crippen LogP contribution in [0.25, 0.3) is 0 Å². The van der Waals surface area contributed by atoms with Crippen LogP contribution in [0.4, 0.5) is 11.4 Å². The monoisotopic (exact) mass is 148 g/mol. The van der Waals surface area contributed by atoms with E-state index in [4.69, 9.17) is 11.5 Å². The van der Waals surface area contributed by atoms with Gasteiger partial charge in [0.25, 0.3) is 0 Å². The van der Waals surface area contributed by atoms with Gasteiger partial charge in [-0.3, -0.25) is 0 Å². The molecule has 4 N–H and O–H groups in total. The number of hydrogen-bond acceptors (Lipinski definition) is 2. The third-order valence-electron chi connectivity index (χ3n) is 2.16. The molecule has 0 aromatic heterocycles. The smallest absolute Gasteiger partial charge is 0.0550 e. The first-order chi connectivity index (χ1) is 5.27. The molecule has 2 rings (SSSR count). The zero-order chi connectivity index (χ0) is 7.84. The van der Waals surface area contributed by atoms with Gasteiger partial charge < -0.3 is 11.5 Å². The highest BCUT2D eigenvalue weighted by Crippen LogP contribution is 2.41. The van der Waals surface area contributed by atoms with E-state index in [1.165, 1.54) is 18.4 Å². The number of benzene rings is 1. The van der Waals surface area contributed by atoms with E-state index in [0.717, 1.165) is 11.6 Å². The van der Waals surface area contributed by atoms with Gasteiger partial charge in [-0.2, -0.15) is 0 Å². The van der Waals surface area contributed by atoms with Crippen LogP contribution in [0.15, 0.2) is 18.2 Å². The van der Waals surface area contributed by atoms with Crippen LogP contribution >= 0.6 is 0 Å². The first-order valence-electron chi connectivity index (χ1n) is 3.92.